The van der Waals surface area contributed by atoms with Crippen molar-refractivity contribution in [2.75, 3.05) is 11.9 Å². The zero-order valence-corrected chi connectivity index (χ0v) is 14.1. The van der Waals surface area contributed by atoms with Crippen LogP contribution >= 0.6 is 0 Å². The largest absolute Gasteiger partial charge is 0.385 e. The van der Waals surface area contributed by atoms with E-state index in [0.717, 1.165) is 23.4 Å². The maximum absolute atomic E-state index is 6.23. The second-order valence-electron chi connectivity index (χ2n) is 6.26. The van der Waals surface area contributed by atoms with Crippen LogP contribution in [0.3, 0.4) is 0 Å². The molecule has 24 heavy (non-hydrogen) atoms. The summed E-state index contributed by atoms with van der Waals surface area (Å²) in [5.74, 6) is 0.636. The van der Waals surface area contributed by atoms with Crippen molar-refractivity contribution in [1.29, 1.82) is 0 Å². The quantitative estimate of drug-likeness (QED) is 0.924. The first-order chi connectivity index (χ1) is 11.6. The number of nitrogens with two attached hydrogens (primary N) is 1. The van der Waals surface area contributed by atoms with Crippen LogP contribution in [0.2, 0.25) is 0 Å². The molecular formula is C17H21N7. The standard InChI is InChI=1S/C17H21N7/c1-4-11-7-12(9-19-8-11)24-10-13(14-5-6-22(2)20-14)15-16(18)21-23(3)17(15)24/h5-10,15,17H,4H2,1-3H3,(H2,18,21). The highest BCUT2D eigenvalue weighted by atomic mass is 15.6. The molecule has 2 unspecified atom stereocenters. The molecular weight excluding hydrogens is 302 g/mol. The van der Waals surface area contributed by atoms with Gasteiger partial charge in [0.25, 0.3) is 0 Å². The van der Waals surface area contributed by atoms with Gasteiger partial charge in [0.15, 0.2) is 0 Å². The summed E-state index contributed by atoms with van der Waals surface area (Å²) in [7, 11) is 3.87. The first-order valence-corrected chi connectivity index (χ1v) is 8.09. The summed E-state index contributed by atoms with van der Waals surface area (Å²) in [5, 5.41) is 10.9. The van der Waals surface area contributed by atoms with Gasteiger partial charge in [0.1, 0.15) is 12.0 Å². The molecule has 0 aliphatic carbocycles. The van der Waals surface area contributed by atoms with Gasteiger partial charge in [-0.3, -0.25) is 14.7 Å². The Hall–Kier alpha value is -2.83. The van der Waals surface area contributed by atoms with Crippen molar-refractivity contribution in [3.05, 3.63) is 48.2 Å². The first-order valence-electron chi connectivity index (χ1n) is 8.09. The molecule has 0 spiro atoms. The molecule has 2 N–H and O–H groups in total. The van der Waals surface area contributed by atoms with Gasteiger partial charge in [0.05, 0.1) is 23.5 Å². The van der Waals surface area contributed by atoms with Gasteiger partial charge in [-0.15, -0.1) is 0 Å². The number of aryl methyl sites for hydroxylation is 2. The molecule has 2 atom stereocenters. The predicted molar refractivity (Wildman–Crippen MR) is 93.9 cm³/mol. The fourth-order valence-electron chi connectivity index (χ4n) is 3.47. The lowest BCUT2D eigenvalue weighted by Crippen LogP contribution is -2.41. The number of pyridine rings is 1. The van der Waals surface area contributed by atoms with Gasteiger partial charge in [-0.05, 0) is 24.1 Å². The molecule has 0 radical (unpaired) electrons. The SMILES string of the molecule is CCc1cncc(N2C=C(c3ccn(C)n3)C3C(N)=NN(C)C32)c1. The number of hydrogen-bond acceptors (Lipinski definition) is 6. The van der Waals surface area contributed by atoms with Crippen molar-refractivity contribution in [2.45, 2.75) is 19.5 Å². The number of amidine groups is 1. The number of nitrogens with zero attached hydrogens (tertiary/aromatic N) is 6. The Bertz CT molecular complexity index is 835. The third-order valence-electron chi connectivity index (χ3n) is 4.67. The van der Waals surface area contributed by atoms with E-state index in [1.54, 1.807) is 4.68 Å². The van der Waals surface area contributed by atoms with E-state index in [9.17, 15) is 0 Å². The molecule has 0 saturated carbocycles. The molecule has 4 rings (SSSR count). The van der Waals surface area contributed by atoms with Crippen molar-refractivity contribution in [2.24, 2.45) is 23.8 Å². The molecule has 0 fully saturated rings. The van der Waals surface area contributed by atoms with Gasteiger partial charge < -0.3 is 10.6 Å². The first kappa shape index (κ1) is 14.7. The number of hydrogen-bond donors (Lipinski definition) is 1. The lowest BCUT2D eigenvalue weighted by atomic mass is 9.96. The Labute approximate surface area is 141 Å². The highest BCUT2D eigenvalue weighted by Gasteiger charge is 2.46. The van der Waals surface area contributed by atoms with Crippen LogP contribution in [-0.2, 0) is 13.5 Å². The molecule has 7 heteroatoms. The van der Waals surface area contributed by atoms with Crippen molar-refractivity contribution in [1.82, 2.24) is 19.8 Å². The molecule has 2 aliphatic rings. The Balaban J connectivity index is 1.80. The van der Waals surface area contributed by atoms with Gasteiger partial charge in [-0.1, -0.05) is 6.92 Å². The van der Waals surface area contributed by atoms with E-state index in [1.807, 2.05) is 43.8 Å². The minimum atomic E-state index is 0.00943. The number of rotatable bonds is 3. The van der Waals surface area contributed by atoms with E-state index in [2.05, 4.69) is 39.3 Å². The average molecular weight is 323 g/mol. The normalized spacial score (nSPS) is 22.6. The van der Waals surface area contributed by atoms with Crippen molar-refractivity contribution >= 4 is 17.1 Å². The lowest BCUT2D eigenvalue weighted by molar-refractivity contribution is 0.275. The summed E-state index contributed by atoms with van der Waals surface area (Å²) >= 11 is 0. The molecule has 2 aliphatic heterocycles. The number of anilines is 1. The maximum atomic E-state index is 6.23. The highest BCUT2D eigenvalue weighted by Crippen LogP contribution is 2.41. The number of aromatic nitrogens is 3. The minimum absolute atomic E-state index is 0.00943. The van der Waals surface area contributed by atoms with Crippen molar-refractivity contribution in [3.63, 3.8) is 0 Å². The van der Waals surface area contributed by atoms with E-state index in [1.165, 1.54) is 5.56 Å². The predicted octanol–water partition coefficient (Wildman–Crippen LogP) is 1.40. The van der Waals surface area contributed by atoms with Gasteiger partial charge in [-0.25, -0.2) is 0 Å². The van der Waals surface area contributed by atoms with Crippen LogP contribution in [0.1, 0.15) is 18.2 Å². The van der Waals surface area contributed by atoms with Gasteiger partial charge in [0.2, 0.25) is 0 Å². The molecule has 2 aromatic rings. The third kappa shape index (κ3) is 2.16. The molecule has 4 heterocycles. The summed E-state index contributed by atoms with van der Waals surface area (Å²) in [5.41, 5.74) is 10.5. The van der Waals surface area contributed by atoms with E-state index in [0.29, 0.717) is 5.84 Å². The molecule has 0 aromatic carbocycles. The average Bonchev–Trinajstić information content (AvgIpc) is 3.24. The van der Waals surface area contributed by atoms with E-state index < -0.39 is 0 Å². The van der Waals surface area contributed by atoms with E-state index in [4.69, 9.17) is 5.73 Å². The second-order valence-corrected chi connectivity index (χ2v) is 6.26. The van der Waals surface area contributed by atoms with Crippen LogP contribution in [0, 0.1) is 5.92 Å². The van der Waals surface area contributed by atoms with Crippen LogP contribution in [0.4, 0.5) is 5.69 Å². The zero-order chi connectivity index (χ0) is 16.8. The summed E-state index contributed by atoms with van der Waals surface area (Å²) in [4.78, 5) is 6.58. The van der Waals surface area contributed by atoms with Gasteiger partial charge >= 0.3 is 0 Å². The molecule has 0 saturated heterocycles. The highest BCUT2D eigenvalue weighted by molar-refractivity contribution is 5.98. The van der Waals surface area contributed by atoms with E-state index >= 15 is 0 Å². The summed E-state index contributed by atoms with van der Waals surface area (Å²) in [6, 6.07) is 4.18. The van der Waals surface area contributed by atoms with Crippen molar-refractivity contribution in [3.8, 4) is 0 Å². The molecule has 124 valence electrons. The fraction of sp³-hybridized carbons (Fsp3) is 0.353. The Morgan fingerprint density at radius 2 is 2.08 bits per heavy atom. The minimum Gasteiger partial charge on any atom is -0.385 e. The molecule has 2 aromatic heterocycles. The van der Waals surface area contributed by atoms with Gasteiger partial charge in [0, 0.05) is 38.3 Å². The third-order valence-corrected chi connectivity index (χ3v) is 4.67. The summed E-state index contributed by atoms with van der Waals surface area (Å²) in [6.07, 6.45) is 8.84. The lowest BCUT2D eigenvalue weighted by Gasteiger charge is -2.30. The van der Waals surface area contributed by atoms with Crippen molar-refractivity contribution < 1.29 is 0 Å². The summed E-state index contributed by atoms with van der Waals surface area (Å²) in [6.45, 7) is 2.13. The number of fused-ring (bicyclic) bond motifs is 1. The van der Waals surface area contributed by atoms with Crippen LogP contribution in [-0.4, -0.2) is 38.8 Å². The Kier molecular flexibility index (Phi) is 3.30. The van der Waals surface area contributed by atoms with Crippen LogP contribution < -0.4 is 10.6 Å². The molecule has 0 amide bonds. The summed E-state index contributed by atoms with van der Waals surface area (Å²) < 4.78 is 1.80. The molecule has 7 nitrogen and oxygen atoms in total. The molecule has 0 bridgehead atoms. The topological polar surface area (TPSA) is 75.6 Å². The Morgan fingerprint density at radius 1 is 1.25 bits per heavy atom. The van der Waals surface area contributed by atoms with E-state index in [-0.39, 0.29) is 12.1 Å². The van der Waals surface area contributed by atoms with Crippen LogP contribution in [0.25, 0.3) is 5.57 Å². The zero-order valence-electron chi connectivity index (χ0n) is 14.1. The Morgan fingerprint density at radius 3 is 2.79 bits per heavy atom. The van der Waals surface area contributed by atoms with Gasteiger partial charge in [-0.2, -0.15) is 10.2 Å². The van der Waals surface area contributed by atoms with Crippen LogP contribution in [0.15, 0.2) is 42.0 Å². The monoisotopic (exact) mass is 323 g/mol. The number of hydrazone groups is 1. The smallest absolute Gasteiger partial charge is 0.136 e. The maximum Gasteiger partial charge on any atom is 0.136 e. The second kappa shape index (κ2) is 5.36. The van der Waals surface area contributed by atoms with Crippen LogP contribution in [0.5, 0.6) is 0 Å². The fourth-order valence-corrected chi connectivity index (χ4v) is 3.47.